The molecule has 0 fully saturated rings. The summed E-state index contributed by atoms with van der Waals surface area (Å²) in [6.07, 6.45) is -0.353. The Morgan fingerprint density at radius 3 is 2.66 bits per heavy atom. The molecule has 1 unspecified atom stereocenters. The number of benzene rings is 1. The third kappa shape index (κ3) is 6.40. The monoisotopic (exact) mass is 745 g/mol. The molecule has 0 aliphatic carbocycles. The molecule has 10 nitrogen and oxygen atoms in total. The zero-order chi connectivity index (χ0) is 25.8. The highest BCUT2D eigenvalue weighted by Crippen LogP contribution is 2.41. The lowest BCUT2D eigenvalue weighted by Crippen LogP contribution is -2.49. The van der Waals surface area contributed by atoms with E-state index < -0.39 is 23.9 Å². The number of allylic oxidation sites excluding steroid dienone is 1. The molecule has 5 N–H and O–H groups in total. The van der Waals surface area contributed by atoms with Crippen LogP contribution in [0.2, 0.25) is 0 Å². The fourth-order valence-corrected chi connectivity index (χ4v) is 6.26. The minimum Gasteiger partial charge on any atom is -0.495 e. The molecule has 2 aliphatic rings. The summed E-state index contributed by atoms with van der Waals surface area (Å²) in [7, 11) is 1.49. The number of amides is 1. The van der Waals surface area contributed by atoms with Crippen LogP contribution in [0.15, 0.2) is 47.2 Å². The van der Waals surface area contributed by atoms with E-state index in [-0.39, 0.29) is 25.2 Å². The van der Waals surface area contributed by atoms with Gasteiger partial charge in [-0.2, -0.15) is 0 Å². The second-order valence-corrected chi connectivity index (χ2v) is 11.0. The topological polar surface area (TPSA) is 145 Å². The summed E-state index contributed by atoms with van der Waals surface area (Å²) in [6, 6.07) is 3.47. The van der Waals surface area contributed by atoms with Gasteiger partial charge in [-0.05, 0) is 71.9 Å². The van der Waals surface area contributed by atoms with E-state index in [1.54, 1.807) is 12.1 Å². The number of nitrogens with zero attached hydrogens (tertiary/aromatic N) is 1. The molecule has 0 saturated heterocycles. The van der Waals surface area contributed by atoms with Crippen LogP contribution in [0.5, 0.6) is 5.75 Å². The number of halogens is 4. The molecule has 0 aromatic heterocycles. The number of nitrogens with one attached hydrogen (secondary N) is 1. The molecule has 192 valence electrons. The largest absolute Gasteiger partial charge is 0.495 e. The third-order valence-electron chi connectivity index (χ3n) is 5.12. The Hall–Kier alpha value is -1.16. The van der Waals surface area contributed by atoms with Gasteiger partial charge in [0.15, 0.2) is 11.8 Å². The van der Waals surface area contributed by atoms with Gasteiger partial charge in [0.25, 0.3) is 5.91 Å². The molecular weight excluding hydrogens is 726 g/mol. The highest BCUT2D eigenvalue weighted by Gasteiger charge is 2.54. The van der Waals surface area contributed by atoms with Crippen LogP contribution < -0.4 is 15.8 Å². The number of oxime groups is 1. The molecule has 0 bridgehead atoms. The predicted octanol–water partition coefficient (Wildman–Crippen LogP) is 3.44. The molecular formula is C21H23Br4N3O7. The first-order chi connectivity index (χ1) is 16.6. The molecule has 1 aromatic carbocycles. The van der Waals surface area contributed by atoms with Crippen LogP contribution in [0.4, 0.5) is 0 Å². The maximum absolute atomic E-state index is 12.6. The molecule has 2 heterocycles. The summed E-state index contributed by atoms with van der Waals surface area (Å²) in [5, 5.41) is 27.2. The molecule has 3 rings (SSSR count). The molecule has 1 amide bonds. The number of ether oxygens (including phenoxy) is 3. The van der Waals surface area contributed by atoms with Crippen LogP contribution in [0.1, 0.15) is 24.5 Å². The first kappa shape index (κ1) is 28.4. The number of hydrogen-bond donors (Lipinski definition) is 4. The van der Waals surface area contributed by atoms with Gasteiger partial charge in [-0.15, -0.1) is 0 Å². The van der Waals surface area contributed by atoms with Crippen molar-refractivity contribution in [1.82, 2.24) is 5.32 Å². The lowest BCUT2D eigenvalue weighted by Gasteiger charge is -2.27. The zero-order valence-electron chi connectivity index (χ0n) is 18.4. The van der Waals surface area contributed by atoms with Crippen molar-refractivity contribution in [3.05, 3.63) is 47.6 Å². The number of hydrogen-bond acceptors (Lipinski definition) is 9. The van der Waals surface area contributed by atoms with E-state index in [9.17, 15) is 15.0 Å². The van der Waals surface area contributed by atoms with E-state index in [0.29, 0.717) is 48.0 Å². The Labute approximate surface area is 235 Å². The van der Waals surface area contributed by atoms with Crippen LogP contribution in [-0.2, 0) is 19.1 Å². The molecule has 3 atom stereocenters. The van der Waals surface area contributed by atoms with E-state index in [1.807, 2.05) is 0 Å². The van der Waals surface area contributed by atoms with Crippen molar-refractivity contribution in [2.75, 3.05) is 26.8 Å². The number of aliphatic hydroxyl groups is 2. The van der Waals surface area contributed by atoms with E-state index in [0.717, 1.165) is 0 Å². The highest BCUT2D eigenvalue weighted by molar-refractivity contribution is 9.12. The third-order valence-corrected chi connectivity index (χ3v) is 7.48. The lowest BCUT2D eigenvalue weighted by atomic mass is 10.0. The average Bonchev–Trinajstić information content (AvgIpc) is 3.07. The first-order valence-electron chi connectivity index (χ1n) is 10.3. The number of methoxy groups -OCH3 is 1. The smallest absolute Gasteiger partial charge is 0.311 e. The summed E-state index contributed by atoms with van der Waals surface area (Å²) < 4.78 is 19.1. The molecule has 0 radical (unpaired) electrons. The first-order valence-corrected chi connectivity index (χ1v) is 13.5. The molecule has 2 aliphatic heterocycles. The number of carbonyl (C=O) groups excluding carboxylic acids is 1. The SMILES string of the molecule is COC1=C(Br)C[C@@]2(OC=C1Br)ON=C(C(=O)NCCCOc1c(Br)cc(C(O)CN)cc1Br)[C@H]2O. The average molecular weight is 749 g/mol. The van der Waals surface area contributed by atoms with Crippen molar-refractivity contribution >= 4 is 75.3 Å². The molecule has 0 saturated carbocycles. The Morgan fingerprint density at radius 2 is 2.03 bits per heavy atom. The van der Waals surface area contributed by atoms with E-state index in [4.69, 9.17) is 24.8 Å². The van der Waals surface area contributed by atoms with E-state index in [2.05, 4.69) is 74.2 Å². The lowest BCUT2D eigenvalue weighted by molar-refractivity contribution is -0.225. The van der Waals surface area contributed by atoms with Gasteiger partial charge in [0.1, 0.15) is 17.8 Å². The van der Waals surface area contributed by atoms with Gasteiger partial charge >= 0.3 is 5.79 Å². The van der Waals surface area contributed by atoms with Crippen LogP contribution in [0.25, 0.3) is 0 Å². The normalized spacial score (nSPS) is 22.6. The van der Waals surface area contributed by atoms with Crippen molar-refractivity contribution in [3.8, 4) is 5.75 Å². The second kappa shape index (κ2) is 12.4. The van der Waals surface area contributed by atoms with Gasteiger partial charge in [0.2, 0.25) is 0 Å². The van der Waals surface area contributed by atoms with Gasteiger partial charge in [-0.3, -0.25) is 4.79 Å². The van der Waals surface area contributed by atoms with Crippen molar-refractivity contribution in [3.63, 3.8) is 0 Å². The van der Waals surface area contributed by atoms with Crippen LogP contribution in [-0.4, -0.2) is 60.5 Å². The predicted molar refractivity (Wildman–Crippen MR) is 142 cm³/mol. The highest BCUT2D eigenvalue weighted by atomic mass is 79.9. The Balaban J connectivity index is 1.51. The van der Waals surface area contributed by atoms with Crippen LogP contribution >= 0.6 is 63.7 Å². The van der Waals surface area contributed by atoms with Gasteiger partial charge in [0.05, 0.1) is 39.7 Å². The summed E-state index contributed by atoms with van der Waals surface area (Å²) in [4.78, 5) is 18.0. The summed E-state index contributed by atoms with van der Waals surface area (Å²) in [6.45, 7) is 0.666. The quantitative estimate of drug-likeness (QED) is 0.282. The standard InChI is InChI=1S/C21H23Br4N3O7/c1-32-17-13(24)7-21(34-9-14(17)25)19(30)16(28-35-21)20(31)27-3-2-4-33-18-11(22)5-10(6-12(18)23)15(29)8-26/h5-6,9,15,19,29-30H,2-4,7-8,26H2,1H3,(H,27,31)/t15?,19-,21-/m1/s1. The minimum absolute atomic E-state index is 0.0575. The maximum atomic E-state index is 12.6. The fourth-order valence-electron chi connectivity index (χ4n) is 3.28. The van der Waals surface area contributed by atoms with Gasteiger partial charge in [-0.25, -0.2) is 0 Å². The van der Waals surface area contributed by atoms with Gasteiger partial charge in [-0.1, -0.05) is 21.1 Å². The number of nitrogens with two attached hydrogens (primary N) is 1. The Morgan fingerprint density at radius 1 is 1.34 bits per heavy atom. The van der Waals surface area contributed by atoms with E-state index >= 15 is 0 Å². The second-order valence-electron chi connectivity index (χ2n) is 7.50. The summed E-state index contributed by atoms with van der Waals surface area (Å²) in [5.41, 5.74) is 5.96. The fraction of sp³-hybridized carbons (Fsp3) is 0.429. The number of rotatable bonds is 9. The van der Waals surface area contributed by atoms with Crippen molar-refractivity contribution in [2.24, 2.45) is 10.9 Å². The van der Waals surface area contributed by atoms with Crippen LogP contribution in [0.3, 0.4) is 0 Å². The van der Waals surface area contributed by atoms with Crippen molar-refractivity contribution < 1.29 is 34.1 Å². The molecule has 35 heavy (non-hydrogen) atoms. The summed E-state index contributed by atoms with van der Waals surface area (Å²) >= 11 is 13.6. The van der Waals surface area contributed by atoms with Gasteiger partial charge < -0.3 is 40.3 Å². The van der Waals surface area contributed by atoms with Gasteiger partial charge in [0, 0.05) is 17.6 Å². The minimum atomic E-state index is -1.60. The summed E-state index contributed by atoms with van der Waals surface area (Å²) in [5.74, 6) is -1.15. The maximum Gasteiger partial charge on any atom is 0.311 e. The number of carbonyl (C=O) groups is 1. The van der Waals surface area contributed by atoms with Crippen LogP contribution in [0, 0.1) is 0 Å². The Kier molecular flexibility index (Phi) is 10.1. The molecule has 14 heteroatoms. The molecule has 1 spiro atoms. The van der Waals surface area contributed by atoms with E-state index in [1.165, 1.54) is 13.4 Å². The van der Waals surface area contributed by atoms with Crippen molar-refractivity contribution in [1.29, 1.82) is 0 Å². The Bertz CT molecular complexity index is 1040. The molecule has 1 aromatic rings. The van der Waals surface area contributed by atoms with Crippen molar-refractivity contribution in [2.45, 2.75) is 30.8 Å². The zero-order valence-corrected chi connectivity index (χ0v) is 24.7. The number of aliphatic hydroxyl groups excluding tert-OH is 2.